The molecule has 132 valence electrons. The van der Waals surface area contributed by atoms with Gasteiger partial charge < -0.3 is 0 Å². The number of aromatic nitrogens is 4. The fourth-order valence-electron chi connectivity index (χ4n) is 2.58. The Labute approximate surface area is 159 Å². The highest BCUT2D eigenvalue weighted by Gasteiger charge is 2.29. The zero-order chi connectivity index (χ0) is 18.1. The van der Waals surface area contributed by atoms with Gasteiger partial charge in [0.15, 0.2) is 11.0 Å². The van der Waals surface area contributed by atoms with Gasteiger partial charge in [-0.15, -0.1) is 11.3 Å². The van der Waals surface area contributed by atoms with Crippen molar-refractivity contribution in [3.05, 3.63) is 52.0 Å². The van der Waals surface area contributed by atoms with Gasteiger partial charge in [0.2, 0.25) is 10.7 Å². The van der Waals surface area contributed by atoms with Crippen LogP contribution in [-0.4, -0.2) is 32.0 Å². The number of carbonyl (C=O) groups is 1. The number of H-pyrrole nitrogens is 1. The highest BCUT2D eigenvalue weighted by Crippen LogP contribution is 2.38. The van der Waals surface area contributed by atoms with Crippen LogP contribution in [0.25, 0.3) is 0 Å². The van der Waals surface area contributed by atoms with E-state index in [1.54, 1.807) is 15.8 Å². The van der Waals surface area contributed by atoms with Crippen LogP contribution in [0.5, 0.6) is 0 Å². The summed E-state index contributed by atoms with van der Waals surface area (Å²) in [6, 6.07) is 9.45. The van der Waals surface area contributed by atoms with Gasteiger partial charge in [0.1, 0.15) is 0 Å². The number of anilines is 2. The molecule has 9 heteroatoms. The number of nitrogens with one attached hydrogen (secondary N) is 1. The Kier molecular flexibility index (Phi) is 4.48. The van der Waals surface area contributed by atoms with Crippen LogP contribution in [-0.2, 0) is 4.79 Å². The third-order valence-electron chi connectivity index (χ3n) is 3.95. The van der Waals surface area contributed by atoms with E-state index >= 15 is 0 Å². The first-order chi connectivity index (χ1) is 12.6. The number of para-hydroxylation sites is 1. The van der Waals surface area contributed by atoms with E-state index in [1.165, 1.54) is 18.3 Å². The molecular weight excluding hydrogens is 368 g/mol. The van der Waals surface area contributed by atoms with Gasteiger partial charge in [-0.2, -0.15) is 14.9 Å². The van der Waals surface area contributed by atoms with Crippen LogP contribution in [0.3, 0.4) is 0 Å². The molecule has 0 bridgehead atoms. The van der Waals surface area contributed by atoms with Crippen LogP contribution in [0, 0.1) is 4.77 Å². The van der Waals surface area contributed by atoms with Crippen LogP contribution in [0.2, 0.25) is 0 Å². The number of benzene rings is 1. The van der Waals surface area contributed by atoms with Crippen molar-refractivity contribution in [2.75, 3.05) is 4.90 Å². The molecule has 0 saturated heterocycles. The molecule has 26 heavy (non-hydrogen) atoms. The molecule has 2 aromatic heterocycles. The molecule has 0 aliphatic heterocycles. The Morgan fingerprint density at radius 3 is 2.88 bits per heavy atom. The van der Waals surface area contributed by atoms with Crippen molar-refractivity contribution >= 4 is 46.5 Å². The lowest BCUT2D eigenvalue weighted by Crippen LogP contribution is -2.22. The predicted octanol–water partition coefficient (Wildman–Crippen LogP) is 3.84. The number of nitrogens with zero attached hydrogens (tertiary/aromatic N) is 5. The summed E-state index contributed by atoms with van der Waals surface area (Å²) in [5, 5.41) is 13.9. The lowest BCUT2D eigenvalue weighted by molar-refractivity contribution is -0.115. The van der Waals surface area contributed by atoms with Gasteiger partial charge in [-0.3, -0.25) is 14.8 Å². The maximum absolute atomic E-state index is 12.1. The minimum absolute atomic E-state index is 0.0953. The van der Waals surface area contributed by atoms with Crippen molar-refractivity contribution in [2.45, 2.75) is 25.7 Å². The Balaban J connectivity index is 1.61. The van der Waals surface area contributed by atoms with E-state index in [4.69, 9.17) is 12.2 Å². The lowest BCUT2D eigenvalue weighted by atomic mass is 10.3. The third kappa shape index (κ3) is 3.35. The van der Waals surface area contributed by atoms with E-state index in [0.29, 0.717) is 21.5 Å². The number of amides is 1. The molecule has 0 radical (unpaired) electrons. The van der Waals surface area contributed by atoms with E-state index in [1.807, 2.05) is 35.7 Å². The third-order valence-corrected chi connectivity index (χ3v) is 5.06. The largest absolute Gasteiger partial charge is 0.274 e. The molecule has 1 aliphatic rings. The quantitative estimate of drug-likeness (QED) is 0.535. The van der Waals surface area contributed by atoms with Gasteiger partial charge in [0.25, 0.3) is 0 Å². The molecule has 1 amide bonds. The lowest BCUT2D eigenvalue weighted by Gasteiger charge is -2.17. The summed E-state index contributed by atoms with van der Waals surface area (Å²) in [4.78, 5) is 18.2. The number of rotatable bonds is 5. The van der Waals surface area contributed by atoms with Crippen molar-refractivity contribution in [1.29, 1.82) is 0 Å². The molecule has 1 N–H and O–H groups in total. The molecule has 4 rings (SSSR count). The van der Waals surface area contributed by atoms with Gasteiger partial charge >= 0.3 is 0 Å². The van der Waals surface area contributed by atoms with Crippen LogP contribution in [0.1, 0.15) is 37.2 Å². The summed E-state index contributed by atoms with van der Waals surface area (Å²) in [7, 11) is 0. The number of hydrogen-bond acceptors (Lipinski definition) is 6. The number of thiazole rings is 1. The van der Waals surface area contributed by atoms with E-state index in [2.05, 4.69) is 20.3 Å². The monoisotopic (exact) mass is 384 g/mol. The molecule has 0 atom stereocenters. The number of carbonyl (C=O) groups excluding carboxylic acids is 1. The van der Waals surface area contributed by atoms with Gasteiger partial charge in [-0.1, -0.05) is 18.2 Å². The summed E-state index contributed by atoms with van der Waals surface area (Å²) in [5.41, 5.74) is 1.45. The molecule has 1 aliphatic carbocycles. The Hall–Kier alpha value is -2.65. The first kappa shape index (κ1) is 16.8. The molecule has 1 fully saturated rings. The maximum Gasteiger partial charge on any atom is 0.230 e. The smallest absolute Gasteiger partial charge is 0.230 e. The molecule has 2 heterocycles. The zero-order valence-corrected chi connectivity index (χ0v) is 15.6. The average molecular weight is 384 g/mol. The predicted molar refractivity (Wildman–Crippen MR) is 104 cm³/mol. The fourth-order valence-corrected chi connectivity index (χ4v) is 3.60. The second kappa shape index (κ2) is 6.93. The summed E-state index contributed by atoms with van der Waals surface area (Å²) in [6.45, 7) is 1.52. The van der Waals surface area contributed by atoms with Crippen LogP contribution in [0.15, 0.2) is 40.8 Å². The second-order valence-electron chi connectivity index (χ2n) is 5.96. The molecule has 1 aromatic carbocycles. The molecule has 1 saturated carbocycles. The van der Waals surface area contributed by atoms with Crippen LogP contribution < -0.4 is 4.90 Å². The topological polar surface area (TPSA) is 79.2 Å². The Morgan fingerprint density at radius 1 is 1.42 bits per heavy atom. The molecular formula is C17H16N6OS2. The SMILES string of the molecule is CC(=O)N(c1ccccc1)c1nc(/C=N\n2c(C3CC3)n[nH]c2=S)cs1. The van der Waals surface area contributed by atoms with E-state index in [-0.39, 0.29) is 5.91 Å². The summed E-state index contributed by atoms with van der Waals surface area (Å²) in [6.07, 6.45) is 3.86. The Bertz CT molecular complexity index is 1020. The van der Waals surface area contributed by atoms with Crippen LogP contribution >= 0.6 is 23.6 Å². The molecule has 0 unspecified atom stereocenters. The van der Waals surface area contributed by atoms with Gasteiger partial charge in [0, 0.05) is 18.2 Å². The Morgan fingerprint density at radius 2 is 2.19 bits per heavy atom. The summed E-state index contributed by atoms with van der Waals surface area (Å²) < 4.78 is 2.11. The number of aromatic amines is 1. The molecule has 0 spiro atoms. The minimum atomic E-state index is -0.0953. The van der Waals surface area contributed by atoms with E-state index in [9.17, 15) is 4.79 Å². The minimum Gasteiger partial charge on any atom is -0.274 e. The van der Waals surface area contributed by atoms with E-state index < -0.39 is 0 Å². The average Bonchev–Trinajstić information content (AvgIpc) is 3.26. The maximum atomic E-state index is 12.1. The first-order valence-electron chi connectivity index (χ1n) is 8.16. The zero-order valence-electron chi connectivity index (χ0n) is 14.0. The highest BCUT2D eigenvalue weighted by atomic mass is 32.1. The van der Waals surface area contributed by atoms with Crippen molar-refractivity contribution in [3.63, 3.8) is 0 Å². The van der Waals surface area contributed by atoms with Crippen molar-refractivity contribution < 1.29 is 4.79 Å². The first-order valence-corrected chi connectivity index (χ1v) is 9.45. The second-order valence-corrected chi connectivity index (χ2v) is 7.19. The highest BCUT2D eigenvalue weighted by molar-refractivity contribution is 7.71. The number of hydrogen-bond donors (Lipinski definition) is 1. The summed E-state index contributed by atoms with van der Waals surface area (Å²) in [5.74, 6) is 1.19. The van der Waals surface area contributed by atoms with Gasteiger partial charge in [-0.05, 0) is 37.2 Å². The van der Waals surface area contributed by atoms with E-state index in [0.717, 1.165) is 24.4 Å². The van der Waals surface area contributed by atoms with Gasteiger partial charge in [0.05, 0.1) is 17.6 Å². The van der Waals surface area contributed by atoms with Crippen LogP contribution in [0.4, 0.5) is 10.8 Å². The molecule has 3 aromatic rings. The van der Waals surface area contributed by atoms with Crippen molar-refractivity contribution in [1.82, 2.24) is 19.9 Å². The van der Waals surface area contributed by atoms with Crippen molar-refractivity contribution in [2.24, 2.45) is 5.10 Å². The summed E-state index contributed by atoms with van der Waals surface area (Å²) >= 11 is 6.63. The molecule has 7 nitrogen and oxygen atoms in total. The standard InChI is InChI=1S/C17H16N6OS2/c1-11(24)22(14-5-3-2-4-6-14)17-19-13(10-26-17)9-18-23-15(12-7-8-12)20-21-16(23)25/h2-6,9-10,12H,7-8H2,1H3,(H,21,25)/b18-9-. The fraction of sp³-hybridized carbons (Fsp3) is 0.235. The normalized spacial score (nSPS) is 14.0. The van der Waals surface area contributed by atoms with Gasteiger partial charge in [-0.25, -0.2) is 4.98 Å². The van der Waals surface area contributed by atoms with Crippen molar-refractivity contribution in [3.8, 4) is 0 Å².